The number of amides is 1. The van der Waals surface area contributed by atoms with Crippen LogP contribution in [0.1, 0.15) is 38.8 Å². The lowest BCUT2D eigenvalue weighted by molar-refractivity contribution is -0.124. The van der Waals surface area contributed by atoms with Crippen LogP contribution >= 0.6 is 0 Å². The standard InChI is InChI=1S/C14H20F2N2O/c1-4-8(2)13(17)14(19)18-9(3)10-5-6-11(15)12(16)7-10/h5-9,13H,4,17H2,1-3H3,(H,18,19)/t8-,9?,13-/m0/s1. The van der Waals surface area contributed by atoms with Gasteiger partial charge >= 0.3 is 0 Å². The van der Waals surface area contributed by atoms with E-state index < -0.39 is 23.7 Å². The van der Waals surface area contributed by atoms with Crippen LogP contribution in [0.4, 0.5) is 8.78 Å². The van der Waals surface area contributed by atoms with Crippen molar-refractivity contribution < 1.29 is 13.6 Å². The van der Waals surface area contributed by atoms with Gasteiger partial charge in [-0.1, -0.05) is 26.3 Å². The van der Waals surface area contributed by atoms with Crippen molar-refractivity contribution in [3.05, 3.63) is 35.4 Å². The molecule has 5 heteroatoms. The summed E-state index contributed by atoms with van der Waals surface area (Å²) in [4.78, 5) is 11.9. The van der Waals surface area contributed by atoms with E-state index in [-0.39, 0.29) is 11.8 Å². The number of hydrogen-bond acceptors (Lipinski definition) is 2. The molecule has 0 bridgehead atoms. The van der Waals surface area contributed by atoms with Gasteiger partial charge in [-0.25, -0.2) is 8.78 Å². The van der Waals surface area contributed by atoms with Crippen LogP contribution in [0.15, 0.2) is 18.2 Å². The molecule has 3 atom stereocenters. The van der Waals surface area contributed by atoms with Gasteiger partial charge in [0.2, 0.25) is 5.91 Å². The number of nitrogens with one attached hydrogen (secondary N) is 1. The molecule has 0 aliphatic heterocycles. The third kappa shape index (κ3) is 3.99. The number of nitrogens with two attached hydrogens (primary N) is 1. The molecular formula is C14H20F2N2O. The highest BCUT2D eigenvalue weighted by Gasteiger charge is 2.21. The number of benzene rings is 1. The van der Waals surface area contributed by atoms with Crippen LogP contribution < -0.4 is 11.1 Å². The summed E-state index contributed by atoms with van der Waals surface area (Å²) >= 11 is 0. The molecule has 1 unspecified atom stereocenters. The van der Waals surface area contributed by atoms with Crippen LogP contribution in [0.5, 0.6) is 0 Å². The Morgan fingerprint density at radius 2 is 1.95 bits per heavy atom. The molecule has 0 fully saturated rings. The first kappa shape index (κ1) is 15.6. The predicted octanol–water partition coefficient (Wildman–Crippen LogP) is 2.52. The summed E-state index contributed by atoms with van der Waals surface area (Å²) in [5.41, 5.74) is 6.31. The third-order valence-corrected chi connectivity index (χ3v) is 3.36. The molecule has 0 aliphatic carbocycles. The van der Waals surface area contributed by atoms with Crippen LogP contribution in [-0.2, 0) is 4.79 Å². The fourth-order valence-corrected chi connectivity index (χ4v) is 1.69. The average molecular weight is 270 g/mol. The van der Waals surface area contributed by atoms with Crippen molar-refractivity contribution in [3.8, 4) is 0 Å². The molecule has 0 heterocycles. The lowest BCUT2D eigenvalue weighted by Crippen LogP contribution is -2.45. The lowest BCUT2D eigenvalue weighted by atomic mass is 9.98. The molecule has 3 nitrogen and oxygen atoms in total. The Balaban J connectivity index is 2.71. The Morgan fingerprint density at radius 1 is 1.32 bits per heavy atom. The van der Waals surface area contributed by atoms with Crippen LogP contribution in [-0.4, -0.2) is 11.9 Å². The van der Waals surface area contributed by atoms with Crippen molar-refractivity contribution >= 4 is 5.91 Å². The van der Waals surface area contributed by atoms with Crippen LogP contribution in [0.3, 0.4) is 0 Å². The number of carbonyl (C=O) groups is 1. The van der Waals surface area contributed by atoms with E-state index in [0.29, 0.717) is 5.56 Å². The van der Waals surface area contributed by atoms with Crippen LogP contribution in [0.2, 0.25) is 0 Å². The fraction of sp³-hybridized carbons (Fsp3) is 0.500. The van der Waals surface area contributed by atoms with Crippen molar-refractivity contribution in [1.82, 2.24) is 5.32 Å². The van der Waals surface area contributed by atoms with Crippen molar-refractivity contribution in [2.75, 3.05) is 0 Å². The summed E-state index contributed by atoms with van der Waals surface area (Å²) in [5, 5.41) is 2.70. The maximum Gasteiger partial charge on any atom is 0.237 e. The zero-order chi connectivity index (χ0) is 14.6. The van der Waals surface area contributed by atoms with Crippen molar-refractivity contribution in [2.24, 2.45) is 11.7 Å². The first-order valence-corrected chi connectivity index (χ1v) is 6.37. The van der Waals surface area contributed by atoms with Gasteiger partial charge in [-0.05, 0) is 30.5 Å². The average Bonchev–Trinajstić information content (AvgIpc) is 2.39. The quantitative estimate of drug-likeness (QED) is 0.863. The maximum atomic E-state index is 13.1. The SMILES string of the molecule is CC[C@H](C)[C@H](N)C(=O)NC(C)c1ccc(F)c(F)c1. The Kier molecular flexibility index (Phi) is 5.42. The molecule has 0 saturated heterocycles. The minimum Gasteiger partial charge on any atom is -0.348 e. The van der Waals surface area contributed by atoms with Crippen molar-refractivity contribution in [3.63, 3.8) is 0 Å². The summed E-state index contributed by atoms with van der Waals surface area (Å²) in [7, 11) is 0. The molecule has 3 N–H and O–H groups in total. The highest BCUT2D eigenvalue weighted by molar-refractivity contribution is 5.82. The van der Waals surface area contributed by atoms with Gasteiger partial charge in [0.1, 0.15) is 0 Å². The summed E-state index contributed by atoms with van der Waals surface area (Å²) < 4.78 is 25.9. The highest BCUT2D eigenvalue weighted by Crippen LogP contribution is 2.16. The van der Waals surface area contributed by atoms with Crippen molar-refractivity contribution in [1.29, 1.82) is 0 Å². The Labute approximate surface area is 112 Å². The predicted molar refractivity (Wildman–Crippen MR) is 70.3 cm³/mol. The number of rotatable bonds is 5. The smallest absolute Gasteiger partial charge is 0.237 e. The molecule has 19 heavy (non-hydrogen) atoms. The van der Waals surface area contributed by atoms with Crippen molar-refractivity contribution in [2.45, 2.75) is 39.3 Å². The van der Waals surface area contributed by atoms with Gasteiger partial charge in [0.05, 0.1) is 12.1 Å². The van der Waals surface area contributed by atoms with E-state index in [2.05, 4.69) is 5.32 Å². The van der Waals surface area contributed by atoms with E-state index in [4.69, 9.17) is 5.73 Å². The first-order chi connectivity index (χ1) is 8.86. The van der Waals surface area contributed by atoms with Gasteiger partial charge < -0.3 is 11.1 Å². The summed E-state index contributed by atoms with van der Waals surface area (Å²) in [6, 6.07) is 2.55. The Morgan fingerprint density at radius 3 is 2.47 bits per heavy atom. The van der Waals surface area contributed by atoms with Gasteiger partial charge in [0.15, 0.2) is 11.6 Å². The molecule has 0 aromatic heterocycles. The van der Waals surface area contributed by atoms with E-state index >= 15 is 0 Å². The number of halogens is 2. The molecule has 106 valence electrons. The van der Waals surface area contributed by atoms with Gasteiger partial charge in [-0.3, -0.25) is 4.79 Å². The van der Waals surface area contributed by atoms with E-state index in [1.807, 2.05) is 13.8 Å². The minimum absolute atomic E-state index is 0.0668. The largest absolute Gasteiger partial charge is 0.348 e. The molecular weight excluding hydrogens is 250 g/mol. The van der Waals surface area contributed by atoms with E-state index in [9.17, 15) is 13.6 Å². The van der Waals surface area contributed by atoms with Crippen LogP contribution in [0, 0.1) is 17.6 Å². The molecule has 0 radical (unpaired) electrons. The second-order valence-corrected chi connectivity index (χ2v) is 4.82. The number of carbonyl (C=O) groups excluding carboxylic acids is 1. The minimum atomic E-state index is -0.926. The molecule has 1 amide bonds. The lowest BCUT2D eigenvalue weighted by Gasteiger charge is -2.21. The van der Waals surface area contributed by atoms with Crippen LogP contribution in [0.25, 0.3) is 0 Å². The summed E-state index contributed by atoms with van der Waals surface area (Å²) in [6.07, 6.45) is 0.800. The zero-order valence-electron chi connectivity index (χ0n) is 11.4. The second kappa shape index (κ2) is 6.61. The first-order valence-electron chi connectivity index (χ1n) is 6.37. The molecule has 1 aromatic rings. The Bertz CT molecular complexity index is 451. The Hall–Kier alpha value is -1.49. The maximum absolute atomic E-state index is 13.1. The second-order valence-electron chi connectivity index (χ2n) is 4.82. The van der Waals surface area contributed by atoms with Gasteiger partial charge in [-0.2, -0.15) is 0 Å². The topological polar surface area (TPSA) is 55.1 Å². The molecule has 0 saturated carbocycles. The molecule has 1 rings (SSSR count). The molecule has 1 aromatic carbocycles. The van der Waals surface area contributed by atoms with Gasteiger partial charge in [0, 0.05) is 0 Å². The summed E-state index contributed by atoms with van der Waals surface area (Å²) in [5.74, 6) is -2.05. The monoisotopic (exact) mass is 270 g/mol. The zero-order valence-corrected chi connectivity index (χ0v) is 11.4. The molecule has 0 aliphatic rings. The molecule has 0 spiro atoms. The third-order valence-electron chi connectivity index (χ3n) is 3.36. The van der Waals surface area contributed by atoms with E-state index in [1.165, 1.54) is 6.07 Å². The van der Waals surface area contributed by atoms with E-state index in [0.717, 1.165) is 18.6 Å². The number of hydrogen-bond donors (Lipinski definition) is 2. The normalized spacial score (nSPS) is 15.7. The fourth-order valence-electron chi connectivity index (χ4n) is 1.69. The summed E-state index contributed by atoms with van der Waals surface area (Å²) in [6.45, 7) is 5.55. The van der Waals surface area contributed by atoms with E-state index in [1.54, 1.807) is 6.92 Å². The van der Waals surface area contributed by atoms with Gasteiger partial charge in [0.25, 0.3) is 0 Å². The van der Waals surface area contributed by atoms with Gasteiger partial charge in [-0.15, -0.1) is 0 Å². The highest BCUT2D eigenvalue weighted by atomic mass is 19.2.